The number of aromatic nitrogens is 4. The van der Waals surface area contributed by atoms with Gasteiger partial charge in [-0.2, -0.15) is 14.4 Å². The summed E-state index contributed by atoms with van der Waals surface area (Å²) in [5.74, 6) is 0.423. The first-order valence-corrected chi connectivity index (χ1v) is 9.26. The van der Waals surface area contributed by atoms with Crippen LogP contribution in [0, 0.1) is 0 Å². The zero-order valence-corrected chi connectivity index (χ0v) is 14.1. The molecule has 0 amide bonds. The molecule has 1 saturated heterocycles. The molecule has 0 N–H and O–H groups in total. The largest absolute Gasteiger partial charge is 0.343 e. The molecule has 23 heavy (non-hydrogen) atoms. The van der Waals surface area contributed by atoms with Crippen LogP contribution < -0.4 is 0 Å². The smallest absolute Gasteiger partial charge is 0.246 e. The predicted octanol–water partition coefficient (Wildman–Crippen LogP) is 2.15. The molecule has 1 aliphatic rings. The van der Waals surface area contributed by atoms with Crippen LogP contribution >= 0.6 is 0 Å². The van der Waals surface area contributed by atoms with E-state index in [1.807, 2.05) is 13.8 Å². The molecule has 126 valence electrons. The number of nitrogens with zero attached hydrogens (tertiary/aromatic N) is 5. The van der Waals surface area contributed by atoms with Crippen LogP contribution in [0.3, 0.4) is 0 Å². The van der Waals surface area contributed by atoms with Crippen molar-refractivity contribution < 1.29 is 12.9 Å². The maximum atomic E-state index is 13.1. The summed E-state index contributed by atoms with van der Waals surface area (Å²) in [6.07, 6.45) is 7.68. The van der Waals surface area contributed by atoms with E-state index >= 15 is 0 Å². The topological polar surface area (TPSA) is 94.1 Å². The summed E-state index contributed by atoms with van der Waals surface area (Å²) in [5.41, 5.74) is 0. The van der Waals surface area contributed by atoms with Gasteiger partial charge in [-0.05, 0) is 26.7 Å². The lowest BCUT2D eigenvalue weighted by Crippen LogP contribution is -2.35. The standard InChI is InChI=1S/C14H21N5O3S/c1-11(2)18-9-12(8-16-18)23(20,21)19-7-5-3-4-6-13(19)14-15-10-22-17-14/h8-11,13H,3-7H2,1-2H3/t13-/m1/s1. The third kappa shape index (κ3) is 3.16. The Hall–Kier alpha value is -1.74. The lowest BCUT2D eigenvalue weighted by atomic mass is 10.1. The van der Waals surface area contributed by atoms with Crippen LogP contribution in [0.5, 0.6) is 0 Å². The average Bonchev–Trinajstić information content (AvgIpc) is 3.15. The summed E-state index contributed by atoms with van der Waals surface area (Å²) in [6.45, 7) is 4.36. The maximum absolute atomic E-state index is 13.1. The van der Waals surface area contributed by atoms with Gasteiger partial charge in [-0.1, -0.05) is 18.0 Å². The molecular formula is C14H21N5O3S. The molecular weight excluding hydrogens is 318 g/mol. The van der Waals surface area contributed by atoms with Crippen molar-refractivity contribution >= 4 is 10.0 Å². The summed E-state index contributed by atoms with van der Waals surface area (Å²) in [4.78, 5) is 4.28. The highest BCUT2D eigenvalue weighted by Crippen LogP contribution is 2.33. The fraction of sp³-hybridized carbons (Fsp3) is 0.643. The van der Waals surface area contributed by atoms with Gasteiger partial charge in [0.1, 0.15) is 4.90 Å². The molecule has 8 nitrogen and oxygen atoms in total. The maximum Gasteiger partial charge on any atom is 0.246 e. The van der Waals surface area contributed by atoms with E-state index in [0.29, 0.717) is 18.8 Å². The van der Waals surface area contributed by atoms with Gasteiger partial charge in [0.2, 0.25) is 16.4 Å². The van der Waals surface area contributed by atoms with Crippen molar-refractivity contribution in [3.05, 3.63) is 24.6 Å². The monoisotopic (exact) mass is 339 g/mol. The Labute approximate surface area is 135 Å². The molecule has 0 aromatic carbocycles. The average molecular weight is 339 g/mol. The van der Waals surface area contributed by atoms with Crippen LogP contribution in [-0.2, 0) is 10.0 Å². The lowest BCUT2D eigenvalue weighted by molar-refractivity contribution is 0.304. The van der Waals surface area contributed by atoms with Gasteiger partial charge in [0.05, 0.1) is 12.2 Å². The summed E-state index contributed by atoms with van der Waals surface area (Å²) >= 11 is 0. The fourth-order valence-corrected chi connectivity index (χ4v) is 4.42. The normalized spacial score (nSPS) is 20.7. The van der Waals surface area contributed by atoms with Crippen molar-refractivity contribution in [2.45, 2.75) is 56.5 Å². The van der Waals surface area contributed by atoms with E-state index in [1.165, 1.54) is 16.9 Å². The van der Waals surface area contributed by atoms with Gasteiger partial charge in [-0.25, -0.2) is 8.42 Å². The van der Waals surface area contributed by atoms with Gasteiger partial charge in [0.25, 0.3) is 0 Å². The third-order valence-electron chi connectivity index (χ3n) is 4.09. The van der Waals surface area contributed by atoms with Crippen molar-refractivity contribution in [3.8, 4) is 0 Å². The second kappa shape index (κ2) is 6.40. The summed E-state index contributed by atoms with van der Waals surface area (Å²) in [6, 6.07) is -0.278. The molecule has 3 rings (SSSR count). The first-order valence-electron chi connectivity index (χ1n) is 7.82. The Kier molecular flexibility index (Phi) is 4.49. The van der Waals surface area contributed by atoms with Gasteiger partial charge < -0.3 is 4.52 Å². The summed E-state index contributed by atoms with van der Waals surface area (Å²) in [7, 11) is -3.64. The number of rotatable bonds is 4. The molecule has 9 heteroatoms. The van der Waals surface area contributed by atoms with Crippen LogP contribution in [0.1, 0.15) is 57.4 Å². The Morgan fingerprint density at radius 3 is 2.78 bits per heavy atom. The minimum absolute atomic E-state index is 0.107. The second-order valence-corrected chi connectivity index (χ2v) is 7.91. The van der Waals surface area contributed by atoms with Crippen LogP contribution in [0.4, 0.5) is 0 Å². The van der Waals surface area contributed by atoms with E-state index in [0.717, 1.165) is 19.3 Å². The van der Waals surface area contributed by atoms with Gasteiger partial charge >= 0.3 is 0 Å². The first kappa shape index (κ1) is 16.1. The Balaban J connectivity index is 1.97. The Morgan fingerprint density at radius 2 is 2.13 bits per heavy atom. The van der Waals surface area contributed by atoms with Crippen molar-refractivity contribution in [2.24, 2.45) is 0 Å². The first-order chi connectivity index (χ1) is 11.0. The number of hydrogen-bond acceptors (Lipinski definition) is 6. The van der Waals surface area contributed by atoms with Gasteiger partial charge in [0, 0.05) is 18.8 Å². The zero-order chi connectivity index (χ0) is 16.4. The fourth-order valence-electron chi connectivity index (χ4n) is 2.82. The predicted molar refractivity (Wildman–Crippen MR) is 82.0 cm³/mol. The molecule has 0 spiro atoms. The van der Waals surface area contributed by atoms with Crippen LogP contribution in [0.15, 0.2) is 28.2 Å². The van der Waals surface area contributed by atoms with Crippen LogP contribution in [0.25, 0.3) is 0 Å². The van der Waals surface area contributed by atoms with E-state index in [4.69, 9.17) is 4.52 Å². The van der Waals surface area contributed by atoms with Crippen molar-refractivity contribution in [1.29, 1.82) is 0 Å². The van der Waals surface area contributed by atoms with Crippen LogP contribution in [-0.4, -0.2) is 39.2 Å². The minimum atomic E-state index is -3.64. The molecule has 2 aromatic rings. The Bertz CT molecular complexity index is 738. The molecule has 3 heterocycles. The third-order valence-corrected chi connectivity index (χ3v) is 5.95. The van der Waals surface area contributed by atoms with E-state index in [9.17, 15) is 8.42 Å². The van der Waals surface area contributed by atoms with E-state index in [2.05, 4.69) is 15.2 Å². The Morgan fingerprint density at radius 1 is 1.30 bits per heavy atom. The summed E-state index contributed by atoms with van der Waals surface area (Å²) in [5, 5.41) is 8.01. The molecule has 1 fully saturated rings. The molecule has 0 aliphatic carbocycles. The van der Waals surface area contributed by atoms with Crippen LogP contribution in [0.2, 0.25) is 0 Å². The minimum Gasteiger partial charge on any atom is -0.343 e. The molecule has 0 bridgehead atoms. The molecule has 0 radical (unpaired) electrons. The lowest BCUT2D eigenvalue weighted by Gasteiger charge is -2.26. The zero-order valence-electron chi connectivity index (χ0n) is 13.3. The molecule has 1 atom stereocenters. The van der Waals surface area contributed by atoms with E-state index in [1.54, 1.807) is 10.9 Å². The molecule has 1 aliphatic heterocycles. The molecule has 0 saturated carbocycles. The van der Waals surface area contributed by atoms with Crippen molar-refractivity contribution in [2.75, 3.05) is 6.54 Å². The number of hydrogen-bond donors (Lipinski definition) is 0. The molecule has 0 unspecified atom stereocenters. The van der Waals surface area contributed by atoms with Crippen molar-refractivity contribution in [3.63, 3.8) is 0 Å². The highest BCUT2D eigenvalue weighted by atomic mass is 32.2. The molecule has 2 aromatic heterocycles. The van der Waals surface area contributed by atoms with Gasteiger partial charge in [-0.15, -0.1) is 0 Å². The van der Waals surface area contributed by atoms with E-state index < -0.39 is 10.0 Å². The van der Waals surface area contributed by atoms with Gasteiger partial charge in [0.15, 0.2) is 5.82 Å². The SMILES string of the molecule is CC(C)n1cc(S(=O)(=O)N2CCCCC[C@@H]2c2ncon2)cn1. The highest BCUT2D eigenvalue weighted by Gasteiger charge is 2.36. The second-order valence-electron chi connectivity index (χ2n) is 6.02. The van der Waals surface area contributed by atoms with Crippen molar-refractivity contribution in [1.82, 2.24) is 24.2 Å². The quantitative estimate of drug-likeness (QED) is 0.847. The summed E-state index contributed by atoms with van der Waals surface area (Å²) < 4.78 is 34.1. The van der Waals surface area contributed by atoms with Gasteiger partial charge in [-0.3, -0.25) is 4.68 Å². The highest BCUT2D eigenvalue weighted by molar-refractivity contribution is 7.89. The number of sulfonamides is 1. The van der Waals surface area contributed by atoms with E-state index in [-0.39, 0.29) is 17.0 Å².